The van der Waals surface area contributed by atoms with Gasteiger partial charge in [0.15, 0.2) is 0 Å². The van der Waals surface area contributed by atoms with E-state index >= 15 is 0 Å². The lowest BCUT2D eigenvalue weighted by Gasteiger charge is -2.21. The molecule has 0 fully saturated rings. The van der Waals surface area contributed by atoms with Gasteiger partial charge < -0.3 is 4.74 Å². The number of hydrogen-bond acceptors (Lipinski definition) is 4. The van der Waals surface area contributed by atoms with Crippen molar-refractivity contribution in [1.82, 2.24) is 0 Å². The molecule has 5 heteroatoms. The summed E-state index contributed by atoms with van der Waals surface area (Å²) >= 11 is 0. The summed E-state index contributed by atoms with van der Waals surface area (Å²) in [5, 5.41) is 11.4. The van der Waals surface area contributed by atoms with E-state index in [-0.39, 0.29) is 22.5 Å². The maximum atomic E-state index is 11.8. The Morgan fingerprint density at radius 2 is 1.48 bits per heavy atom. The number of carbonyl (C=O) groups is 1. The maximum Gasteiger partial charge on any atom is 0.308 e. The van der Waals surface area contributed by atoms with Gasteiger partial charge in [-0.05, 0) is 51.3 Å². The van der Waals surface area contributed by atoms with Crippen LogP contribution in [0.2, 0.25) is 0 Å². The number of benzene rings is 1. The molecular weight excluding hydrogens is 270 g/mol. The number of ether oxygens (including phenoxy) is 1. The van der Waals surface area contributed by atoms with Gasteiger partial charge in [-0.25, -0.2) is 0 Å². The Kier molecular flexibility index (Phi) is 5.10. The lowest BCUT2D eigenvalue weighted by atomic mass is 9.90. The van der Waals surface area contributed by atoms with E-state index in [1.165, 1.54) is 0 Å². The predicted molar refractivity (Wildman–Crippen MR) is 81.4 cm³/mol. The van der Waals surface area contributed by atoms with Crippen LogP contribution in [0.5, 0.6) is 0 Å². The number of carbonyl (C=O) groups excluding carboxylic acids is 1. The average molecular weight is 293 g/mol. The van der Waals surface area contributed by atoms with Crippen molar-refractivity contribution >= 4 is 11.7 Å². The molecule has 116 valence electrons. The van der Waals surface area contributed by atoms with E-state index in [1.54, 1.807) is 27.7 Å². The smallest absolute Gasteiger partial charge is 0.308 e. The van der Waals surface area contributed by atoms with Gasteiger partial charge in [-0.2, -0.15) is 0 Å². The molecule has 0 aliphatic heterocycles. The summed E-state index contributed by atoms with van der Waals surface area (Å²) in [5.74, 6) is -0.619. The minimum absolute atomic E-state index is 0.0552. The number of nitrogens with zero attached hydrogens (tertiary/aromatic N) is 1. The Morgan fingerprint density at radius 3 is 1.90 bits per heavy atom. The second-order valence-electron chi connectivity index (χ2n) is 5.75. The fourth-order valence-electron chi connectivity index (χ4n) is 2.42. The summed E-state index contributed by atoms with van der Waals surface area (Å²) in [5.41, 5.74) is 3.90. The van der Waals surface area contributed by atoms with E-state index in [1.807, 2.05) is 20.8 Å². The molecule has 5 nitrogen and oxygen atoms in total. The van der Waals surface area contributed by atoms with Crippen molar-refractivity contribution in [3.63, 3.8) is 0 Å². The molecule has 1 unspecified atom stereocenters. The highest BCUT2D eigenvalue weighted by molar-refractivity contribution is 5.72. The zero-order chi connectivity index (χ0) is 16.5. The van der Waals surface area contributed by atoms with E-state index in [2.05, 4.69) is 0 Å². The monoisotopic (exact) mass is 293 g/mol. The molecule has 21 heavy (non-hydrogen) atoms. The Hall–Kier alpha value is -1.91. The van der Waals surface area contributed by atoms with Crippen molar-refractivity contribution in [1.29, 1.82) is 0 Å². The van der Waals surface area contributed by atoms with Crippen molar-refractivity contribution in [3.8, 4) is 0 Å². The normalized spacial score (nSPS) is 12.4. The topological polar surface area (TPSA) is 69.4 Å². The van der Waals surface area contributed by atoms with Crippen LogP contribution in [0.15, 0.2) is 0 Å². The molecule has 0 aromatic heterocycles. The third-order valence-corrected chi connectivity index (χ3v) is 4.06. The highest BCUT2D eigenvalue weighted by atomic mass is 16.6. The van der Waals surface area contributed by atoms with Crippen molar-refractivity contribution in [2.45, 2.75) is 54.6 Å². The van der Waals surface area contributed by atoms with Crippen LogP contribution in [0.3, 0.4) is 0 Å². The summed E-state index contributed by atoms with van der Waals surface area (Å²) < 4.78 is 5.38. The van der Waals surface area contributed by atoms with E-state index in [4.69, 9.17) is 4.74 Å². The van der Waals surface area contributed by atoms with E-state index < -0.39 is 6.10 Å². The lowest BCUT2D eigenvalue weighted by molar-refractivity contribution is -0.386. The van der Waals surface area contributed by atoms with Crippen molar-refractivity contribution in [2.75, 3.05) is 0 Å². The molecule has 1 rings (SSSR count). The van der Waals surface area contributed by atoms with Gasteiger partial charge in [-0.15, -0.1) is 0 Å². The molecule has 0 aliphatic rings. The van der Waals surface area contributed by atoms with Crippen LogP contribution in [0, 0.1) is 43.7 Å². The van der Waals surface area contributed by atoms with E-state index in [0.29, 0.717) is 11.1 Å². The molecular formula is C16H23NO4. The zero-order valence-corrected chi connectivity index (χ0v) is 13.7. The molecule has 0 aliphatic carbocycles. The van der Waals surface area contributed by atoms with Gasteiger partial charge in [0.1, 0.15) is 6.10 Å². The van der Waals surface area contributed by atoms with Gasteiger partial charge in [0.2, 0.25) is 0 Å². The summed E-state index contributed by atoms with van der Waals surface area (Å²) in [6.45, 7) is 12.5. The van der Waals surface area contributed by atoms with E-state index in [0.717, 1.165) is 16.7 Å². The Balaban J connectivity index is 3.47. The molecule has 0 spiro atoms. The first kappa shape index (κ1) is 17.1. The molecule has 1 aromatic carbocycles. The molecule has 0 heterocycles. The first-order valence-corrected chi connectivity index (χ1v) is 7.04. The van der Waals surface area contributed by atoms with Crippen LogP contribution >= 0.6 is 0 Å². The van der Waals surface area contributed by atoms with Gasteiger partial charge in [0.05, 0.1) is 16.4 Å². The molecule has 0 saturated heterocycles. The third-order valence-electron chi connectivity index (χ3n) is 4.06. The Bertz CT molecular complexity index is 591. The van der Waals surface area contributed by atoms with Crippen molar-refractivity contribution in [3.05, 3.63) is 37.9 Å². The number of hydrogen-bond donors (Lipinski definition) is 0. The maximum absolute atomic E-state index is 11.8. The number of esters is 1. The second-order valence-corrected chi connectivity index (χ2v) is 5.75. The van der Waals surface area contributed by atoms with Crippen LogP contribution in [-0.4, -0.2) is 10.9 Å². The summed E-state index contributed by atoms with van der Waals surface area (Å²) in [6, 6.07) is 0. The quantitative estimate of drug-likeness (QED) is 0.476. The number of nitro groups is 1. The summed E-state index contributed by atoms with van der Waals surface area (Å²) in [6.07, 6.45) is -0.640. The Morgan fingerprint density at radius 1 is 1.00 bits per heavy atom. The van der Waals surface area contributed by atoms with Crippen LogP contribution in [0.4, 0.5) is 5.69 Å². The molecule has 1 aromatic rings. The molecule has 0 bridgehead atoms. The Labute approximate surface area is 125 Å². The first-order valence-electron chi connectivity index (χ1n) is 7.04. The average Bonchev–Trinajstić information content (AvgIpc) is 2.39. The van der Waals surface area contributed by atoms with E-state index in [9.17, 15) is 14.9 Å². The highest BCUT2D eigenvalue weighted by Gasteiger charge is 2.29. The first-order chi connectivity index (χ1) is 9.59. The molecule has 0 N–H and O–H groups in total. The molecule has 0 amide bonds. The molecule has 1 atom stereocenters. The van der Waals surface area contributed by atoms with Crippen LogP contribution in [0.25, 0.3) is 0 Å². The minimum Gasteiger partial charge on any atom is -0.457 e. The zero-order valence-electron chi connectivity index (χ0n) is 13.7. The van der Waals surface area contributed by atoms with Crippen LogP contribution in [0.1, 0.15) is 54.7 Å². The SMILES string of the molecule is Cc1c(C)c(C)c([N+](=O)[O-])c(C(C)OC(=O)C(C)C)c1C. The van der Waals surface area contributed by atoms with Crippen LogP contribution in [-0.2, 0) is 9.53 Å². The van der Waals surface area contributed by atoms with Gasteiger partial charge in [0, 0.05) is 5.56 Å². The second kappa shape index (κ2) is 6.24. The molecule has 0 radical (unpaired) electrons. The summed E-state index contributed by atoms with van der Waals surface area (Å²) in [7, 11) is 0. The van der Waals surface area contributed by atoms with Crippen molar-refractivity contribution < 1.29 is 14.5 Å². The summed E-state index contributed by atoms with van der Waals surface area (Å²) in [4.78, 5) is 22.8. The van der Waals surface area contributed by atoms with Gasteiger partial charge in [-0.3, -0.25) is 14.9 Å². The number of nitro benzene ring substituents is 1. The third kappa shape index (κ3) is 3.23. The van der Waals surface area contributed by atoms with Gasteiger partial charge in [0.25, 0.3) is 5.69 Å². The standard InChI is InChI=1S/C16H23NO4/c1-8(2)16(18)21-13(7)14-11(5)9(3)10(4)12(6)15(14)17(19)20/h8,13H,1-7H3. The predicted octanol–water partition coefficient (Wildman–Crippen LogP) is 4.09. The minimum atomic E-state index is -0.640. The highest BCUT2D eigenvalue weighted by Crippen LogP contribution is 2.37. The van der Waals surface area contributed by atoms with Crippen LogP contribution < -0.4 is 0 Å². The fourth-order valence-corrected chi connectivity index (χ4v) is 2.42. The van der Waals surface area contributed by atoms with Gasteiger partial charge in [-0.1, -0.05) is 13.8 Å². The lowest BCUT2D eigenvalue weighted by Crippen LogP contribution is -2.17. The largest absolute Gasteiger partial charge is 0.457 e. The number of rotatable bonds is 4. The fraction of sp³-hybridized carbons (Fsp3) is 0.562. The van der Waals surface area contributed by atoms with Crippen molar-refractivity contribution in [2.24, 2.45) is 5.92 Å². The molecule has 0 saturated carbocycles. The van der Waals surface area contributed by atoms with Gasteiger partial charge >= 0.3 is 5.97 Å².